The Morgan fingerprint density at radius 1 is 1.57 bits per heavy atom. The van der Waals surface area contributed by atoms with Crippen molar-refractivity contribution in [3.05, 3.63) is 17.8 Å². The van der Waals surface area contributed by atoms with Crippen molar-refractivity contribution < 1.29 is 14.6 Å². The molecular weight excluding hydrogens is 290 g/mol. The topological polar surface area (TPSA) is 77.2 Å². The van der Waals surface area contributed by atoms with Crippen LogP contribution in [0.3, 0.4) is 0 Å². The minimum atomic E-state index is -0.841. The molecule has 112 valence electrons. The lowest BCUT2D eigenvalue weighted by Crippen LogP contribution is -2.33. The number of aromatic nitrogens is 3. The molecule has 0 radical (unpaired) electrons. The zero-order valence-corrected chi connectivity index (χ0v) is 12.8. The van der Waals surface area contributed by atoms with E-state index in [2.05, 4.69) is 14.5 Å². The minimum Gasteiger partial charge on any atom is -0.481 e. The number of hydrogen-bond donors (Lipinski definition) is 1. The Hall–Kier alpha value is -1.60. The molecule has 6 nitrogen and oxygen atoms in total. The molecule has 1 N–H and O–H groups in total. The first-order valence-corrected chi connectivity index (χ1v) is 7.79. The van der Waals surface area contributed by atoms with Crippen LogP contribution in [0.15, 0.2) is 17.4 Å². The van der Waals surface area contributed by atoms with Gasteiger partial charge in [-0.2, -0.15) is 0 Å². The molecule has 0 unspecified atom stereocenters. The third-order valence-corrected chi connectivity index (χ3v) is 4.78. The van der Waals surface area contributed by atoms with Gasteiger partial charge in [0.05, 0.1) is 11.9 Å². The molecule has 3 rings (SSSR count). The van der Waals surface area contributed by atoms with Crippen molar-refractivity contribution >= 4 is 28.9 Å². The fourth-order valence-corrected chi connectivity index (χ4v) is 3.37. The van der Waals surface area contributed by atoms with E-state index in [1.807, 2.05) is 13.0 Å². The average molecular weight is 307 g/mol. The normalized spacial score (nSPS) is 21.4. The molecule has 0 saturated heterocycles. The van der Waals surface area contributed by atoms with Crippen LogP contribution >= 0.6 is 11.8 Å². The van der Waals surface area contributed by atoms with Crippen molar-refractivity contribution in [1.29, 1.82) is 0 Å². The summed E-state index contributed by atoms with van der Waals surface area (Å²) in [4.78, 5) is 19.9. The van der Waals surface area contributed by atoms with E-state index in [9.17, 15) is 4.79 Å². The second-order valence-corrected chi connectivity index (χ2v) is 6.17. The highest BCUT2D eigenvalue weighted by Gasteiger charge is 2.33. The molecule has 2 aromatic rings. The van der Waals surface area contributed by atoms with Crippen molar-refractivity contribution in [3.8, 4) is 0 Å². The predicted molar refractivity (Wildman–Crippen MR) is 79.7 cm³/mol. The molecule has 21 heavy (non-hydrogen) atoms. The number of methoxy groups -OCH3 is 1. The Morgan fingerprint density at radius 2 is 2.33 bits per heavy atom. The third kappa shape index (κ3) is 2.63. The number of rotatable bonds is 5. The minimum absolute atomic E-state index is 0.00277. The summed E-state index contributed by atoms with van der Waals surface area (Å²) in [7, 11) is 1.72. The van der Waals surface area contributed by atoms with E-state index in [1.54, 1.807) is 13.3 Å². The molecule has 0 spiro atoms. The molecule has 1 fully saturated rings. The summed E-state index contributed by atoms with van der Waals surface area (Å²) >= 11 is 1.25. The van der Waals surface area contributed by atoms with Gasteiger partial charge in [-0.1, -0.05) is 11.8 Å². The highest BCUT2D eigenvalue weighted by atomic mass is 32.2. The van der Waals surface area contributed by atoms with Crippen LogP contribution in [0.1, 0.15) is 24.4 Å². The quantitative estimate of drug-likeness (QED) is 0.854. The van der Waals surface area contributed by atoms with Crippen LogP contribution in [0.2, 0.25) is 0 Å². The second kappa shape index (κ2) is 5.65. The van der Waals surface area contributed by atoms with E-state index >= 15 is 0 Å². The number of carbonyl (C=O) groups is 1. The number of fused-ring (bicyclic) bond motifs is 1. The number of thioether (sulfide) groups is 1. The number of carboxylic acids is 1. The van der Waals surface area contributed by atoms with Gasteiger partial charge in [0.1, 0.15) is 5.52 Å². The maximum atomic E-state index is 10.8. The molecule has 0 aromatic carbocycles. The lowest BCUT2D eigenvalue weighted by atomic mass is 9.89. The number of aliphatic carboxylic acids is 1. The monoisotopic (exact) mass is 307 g/mol. The Labute approximate surface area is 126 Å². The van der Waals surface area contributed by atoms with E-state index in [-0.39, 0.29) is 17.9 Å². The van der Waals surface area contributed by atoms with Gasteiger partial charge < -0.3 is 14.4 Å². The van der Waals surface area contributed by atoms with E-state index in [1.165, 1.54) is 11.8 Å². The van der Waals surface area contributed by atoms with Gasteiger partial charge in [-0.05, 0) is 31.4 Å². The van der Waals surface area contributed by atoms with Gasteiger partial charge in [0.25, 0.3) is 0 Å². The van der Waals surface area contributed by atoms with Crippen molar-refractivity contribution in [2.75, 3.05) is 12.9 Å². The molecule has 2 aromatic heterocycles. The number of pyridine rings is 1. The van der Waals surface area contributed by atoms with E-state index < -0.39 is 5.97 Å². The molecule has 1 saturated carbocycles. The van der Waals surface area contributed by atoms with Crippen molar-refractivity contribution in [2.45, 2.75) is 37.1 Å². The maximum absolute atomic E-state index is 10.8. The standard InChI is InChI=1S/C14H17N3O3S/c1-8-3-4-15-13-12(8)16-14(21-7-11(18)19)17(13)9-5-10(6-9)20-2/h3-4,9-10H,5-7H2,1-2H3,(H,18,19). The first-order chi connectivity index (χ1) is 10.1. The van der Waals surface area contributed by atoms with Gasteiger partial charge in [0.15, 0.2) is 10.8 Å². The first kappa shape index (κ1) is 14.3. The van der Waals surface area contributed by atoms with E-state index in [0.29, 0.717) is 0 Å². The fourth-order valence-electron chi connectivity index (χ4n) is 2.59. The smallest absolute Gasteiger partial charge is 0.313 e. The van der Waals surface area contributed by atoms with Gasteiger partial charge in [-0.15, -0.1) is 0 Å². The van der Waals surface area contributed by atoms with Crippen LogP contribution in [0.25, 0.3) is 11.2 Å². The van der Waals surface area contributed by atoms with E-state index in [4.69, 9.17) is 9.84 Å². The number of hydrogen-bond acceptors (Lipinski definition) is 5. The Bertz CT molecular complexity index is 679. The van der Waals surface area contributed by atoms with Crippen LogP contribution in [0.5, 0.6) is 0 Å². The lowest BCUT2D eigenvalue weighted by molar-refractivity contribution is -0.133. The lowest BCUT2D eigenvalue weighted by Gasteiger charge is -2.35. The molecule has 2 heterocycles. The summed E-state index contributed by atoms with van der Waals surface area (Å²) in [5.74, 6) is -0.838. The molecule has 0 amide bonds. The first-order valence-electron chi connectivity index (χ1n) is 6.81. The summed E-state index contributed by atoms with van der Waals surface area (Å²) in [6.07, 6.45) is 3.87. The largest absolute Gasteiger partial charge is 0.481 e. The van der Waals surface area contributed by atoms with Crippen molar-refractivity contribution in [2.24, 2.45) is 0 Å². The highest BCUT2D eigenvalue weighted by molar-refractivity contribution is 7.99. The molecule has 0 aliphatic heterocycles. The summed E-state index contributed by atoms with van der Waals surface area (Å²) in [6.45, 7) is 1.99. The van der Waals surface area contributed by atoms with Gasteiger partial charge in [-0.25, -0.2) is 9.97 Å². The summed E-state index contributed by atoms with van der Waals surface area (Å²) in [5.41, 5.74) is 2.74. The van der Waals surface area contributed by atoms with Crippen LogP contribution in [0, 0.1) is 6.92 Å². The van der Waals surface area contributed by atoms with Crippen LogP contribution in [-0.4, -0.2) is 44.6 Å². The Morgan fingerprint density at radius 3 is 3.00 bits per heavy atom. The van der Waals surface area contributed by atoms with Crippen molar-refractivity contribution in [3.63, 3.8) is 0 Å². The number of nitrogens with zero attached hydrogens (tertiary/aromatic N) is 3. The van der Waals surface area contributed by atoms with E-state index in [0.717, 1.165) is 34.7 Å². The molecule has 1 aliphatic carbocycles. The number of aryl methyl sites for hydroxylation is 1. The molecule has 0 bridgehead atoms. The van der Waals surface area contributed by atoms with Gasteiger partial charge in [0, 0.05) is 19.3 Å². The zero-order chi connectivity index (χ0) is 15.0. The second-order valence-electron chi connectivity index (χ2n) is 5.23. The molecule has 1 aliphatic rings. The Balaban J connectivity index is 1.99. The maximum Gasteiger partial charge on any atom is 0.313 e. The summed E-state index contributed by atoms with van der Waals surface area (Å²) in [5, 5.41) is 9.62. The van der Waals surface area contributed by atoms with Gasteiger partial charge >= 0.3 is 5.97 Å². The SMILES string of the molecule is COC1CC(n2c(SCC(=O)O)nc3c(C)ccnc32)C1. The van der Waals surface area contributed by atoms with Gasteiger partial charge in [-0.3, -0.25) is 4.79 Å². The molecular formula is C14H17N3O3S. The van der Waals surface area contributed by atoms with Crippen LogP contribution in [0.4, 0.5) is 0 Å². The van der Waals surface area contributed by atoms with Crippen LogP contribution in [-0.2, 0) is 9.53 Å². The van der Waals surface area contributed by atoms with Gasteiger partial charge in [0.2, 0.25) is 0 Å². The molecule has 7 heteroatoms. The van der Waals surface area contributed by atoms with Crippen molar-refractivity contribution in [1.82, 2.24) is 14.5 Å². The fraction of sp³-hybridized carbons (Fsp3) is 0.500. The average Bonchev–Trinajstić information content (AvgIpc) is 2.76. The number of ether oxygens (including phenoxy) is 1. The summed E-state index contributed by atoms with van der Waals surface area (Å²) in [6, 6.07) is 2.20. The number of carboxylic acid groups (broad SMARTS) is 1. The summed E-state index contributed by atoms with van der Waals surface area (Å²) < 4.78 is 7.41. The zero-order valence-electron chi connectivity index (χ0n) is 11.9. The molecule has 0 atom stereocenters. The third-order valence-electron chi connectivity index (χ3n) is 3.84. The van der Waals surface area contributed by atoms with Crippen LogP contribution < -0.4 is 0 Å². The number of imidazole rings is 1. The highest BCUT2D eigenvalue weighted by Crippen LogP contribution is 2.39. The predicted octanol–water partition coefficient (Wildman–Crippen LogP) is 2.27. The Kier molecular flexibility index (Phi) is 3.86.